The highest BCUT2D eigenvalue weighted by atomic mass is 32.1. The van der Waals surface area contributed by atoms with Crippen molar-refractivity contribution < 1.29 is 9.53 Å². The molecule has 0 saturated carbocycles. The average Bonchev–Trinajstić information content (AvgIpc) is 2.91. The van der Waals surface area contributed by atoms with Crippen LogP contribution in [-0.2, 0) is 6.54 Å². The van der Waals surface area contributed by atoms with E-state index in [1.54, 1.807) is 11.3 Å². The molecule has 0 aliphatic carbocycles. The highest BCUT2D eigenvalue weighted by molar-refractivity contribution is 7.09. The van der Waals surface area contributed by atoms with Gasteiger partial charge in [-0.25, -0.2) is 4.79 Å². The normalized spacial score (nSPS) is 10.3. The Morgan fingerprint density at radius 3 is 2.75 bits per heavy atom. The summed E-state index contributed by atoms with van der Waals surface area (Å²) >= 11 is 1.62. The molecule has 0 unspecified atom stereocenters. The molecule has 2 N–H and O–H groups in total. The van der Waals surface area contributed by atoms with E-state index in [2.05, 4.69) is 10.6 Å². The van der Waals surface area contributed by atoms with E-state index in [0.717, 1.165) is 4.88 Å². The molecule has 1 aromatic heterocycles. The lowest BCUT2D eigenvalue weighted by Crippen LogP contribution is -2.28. The third-order valence-electron chi connectivity index (χ3n) is 2.50. The molecule has 20 heavy (non-hydrogen) atoms. The minimum atomic E-state index is -0.238. The molecule has 0 bridgehead atoms. The number of anilines is 1. The van der Waals surface area contributed by atoms with Crippen LogP contribution in [0.4, 0.5) is 10.5 Å². The largest absolute Gasteiger partial charge is 0.489 e. The van der Waals surface area contributed by atoms with Crippen molar-refractivity contribution in [3.05, 3.63) is 46.7 Å². The summed E-state index contributed by atoms with van der Waals surface area (Å²) in [7, 11) is 0. The quantitative estimate of drug-likeness (QED) is 0.878. The Labute approximate surface area is 122 Å². The van der Waals surface area contributed by atoms with Crippen LogP contribution in [0.3, 0.4) is 0 Å². The number of amides is 2. The van der Waals surface area contributed by atoms with Gasteiger partial charge in [-0.3, -0.25) is 0 Å². The standard InChI is InChI=1S/C15H18N2O2S/c1-11(2)19-14-8-4-3-7-13(14)17-15(18)16-10-12-6-5-9-20-12/h3-9,11H,10H2,1-2H3,(H2,16,17,18). The zero-order valence-electron chi connectivity index (χ0n) is 11.6. The summed E-state index contributed by atoms with van der Waals surface area (Å²) < 4.78 is 5.66. The molecule has 0 radical (unpaired) electrons. The zero-order chi connectivity index (χ0) is 14.4. The number of benzene rings is 1. The molecule has 106 valence electrons. The van der Waals surface area contributed by atoms with Gasteiger partial charge in [0, 0.05) is 4.88 Å². The topological polar surface area (TPSA) is 50.4 Å². The van der Waals surface area contributed by atoms with Crippen LogP contribution in [0.1, 0.15) is 18.7 Å². The monoisotopic (exact) mass is 290 g/mol. The van der Waals surface area contributed by atoms with E-state index >= 15 is 0 Å². The number of nitrogens with one attached hydrogen (secondary N) is 2. The van der Waals surface area contributed by atoms with Crippen LogP contribution >= 0.6 is 11.3 Å². The van der Waals surface area contributed by atoms with Crippen molar-refractivity contribution in [1.82, 2.24) is 5.32 Å². The van der Waals surface area contributed by atoms with E-state index in [1.165, 1.54) is 0 Å². The van der Waals surface area contributed by atoms with Gasteiger partial charge in [0.15, 0.2) is 0 Å². The van der Waals surface area contributed by atoms with Gasteiger partial charge >= 0.3 is 6.03 Å². The van der Waals surface area contributed by atoms with Crippen molar-refractivity contribution in [3.63, 3.8) is 0 Å². The minimum absolute atomic E-state index is 0.0622. The summed E-state index contributed by atoms with van der Waals surface area (Å²) in [6.07, 6.45) is 0.0622. The molecule has 0 saturated heterocycles. The number of carbonyl (C=O) groups is 1. The number of rotatable bonds is 5. The Morgan fingerprint density at radius 1 is 1.25 bits per heavy atom. The molecule has 0 fully saturated rings. The molecule has 5 heteroatoms. The maximum Gasteiger partial charge on any atom is 0.319 e. The van der Waals surface area contributed by atoms with Crippen LogP contribution in [0.5, 0.6) is 5.75 Å². The highest BCUT2D eigenvalue weighted by Gasteiger charge is 2.08. The summed E-state index contributed by atoms with van der Waals surface area (Å²) in [6, 6.07) is 11.1. The van der Waals surface area contributed by atoms with Gasteiger partial charge in [-0.1, -0.05) is 18.2 Å². The van der Waals surface area contributed by atoms with E-state index in [9.17, 15) is 4.79 Å². The molecule has 0 aliphatic heterocycles. The van der Waals surface area contributed by atoms with Crippen molar-refractivity contribution in [2.24, 2.45) is 0 Å². The first-order valence-corrected chi connectivity index (χ1v) is 7.36. The lowest BCUT2D eigenvalue weighted by Gasteiger charge is -2.15. The number of carbonyl (C=O) groups excluding carboxylic acids is 1. The predicted octanol–water partition coefficient (Wildman–Crippen LogP) is 3.86. The first-order chi connectivity index (χ1) is 9.65. The first-order valence-electron chi connectivity index (χ1n) is 6.48. The van der Waals surface area contributed by atoms with Gasteiger partial charge in [-0.2, -0.15) is 0 Å². The third kappa shape index (κ3) is 4.28. The SMILES string of the molecule is CC(C)Oc1ccccc1NC(=O)NCc1cccs1. The van der Waals surface area contributed by atoms with Crippen molar-refractivity contribution in [2.75, 3.05) is 5.32 Å². The summed E-state index contributed by atoms with van der Waals surface area (Å²) in [6.45, 7) is 4.43. The van der Waals surface area contributed by atoms with Crippen LogP contribution in [0.2, 0.25) is 0 Å². The van der Waals surface area contributed by atoms with E-state index in [0.29, 0.717) is 18.0 Å². The van der Waals surface area contributed by atoms with Crippen LogP contribution in [0.15, 0.2) is 41.8 Å². The maximum absolute atomic E-state index is 11.9. The fraction of sp³-hybridized carbons (Fsp3) is 0.267. The van der Waals surface area contributed by atoms with Crippen molar-refractivity contribution >= 4 is 23.1 Å². The molecule has 2 aromatic rings. The fourth-order valence-electron chi connectivity index (χ4n) is 1.67. The summed E-state index contributed by atoms with van der Waals surface area (Å²) in [5, 5.41) is 7.61. The van der Waals surface area contributed by atoms with Crippen LogP contribution in [0.25, 0.3) is 0 Å². The Bertz CT molecular complexity index is 553. The number of hydrogen-bond donors (Lipinski definition) is 2. The lowest BCUT2D eigenvalue weighted by molar-refractivity contribution is 0.241. The lowest BCUT2D eigenvalue weighted by atomic mass is 10.3. The smallest absolute Gasteiger partial charge is 0.319 e. The molecular formula is C15H18N2O2S. The summed E-state index contributed by atoms with van der Waals surface area (Å²) in [4.78, 5) is 13.0. The molecule has 0 spiro atoms. The minimum Gasteiger partial charge on any atom is -0.489 e. The van der Waals surface area contributed by atoms with Crippen molar-refractivity contribution in [3.8, 4) is 5.75 Å². The Morgan fingerprint density at radius 2 is 2.05 bits per heavy atom. The molecule has 0 atom stereocenters. The van der Waals surface area contributed by atoms with Gasteiger partial charge in [0.2, 0.25) is 0 Å². The molecule has 4 nitrogen and oxygen atoms in total. The molecule has 2 amide bonds. The van der Waals surface area contributed by atoms with E-state index in [1.807, 2.05) is 55.6 Å². The molecule has 1 heterocycles. The van der Waals surface area contributed by atoms with Gasteiger partial charge in [0.25, 0.3) is 0 Å². The zero-order valence-corrected chi connectivity index (χ0v) is 12.4. The number of thiophene rings is 1. The highest BCUT2D eigenvalue weighted by Crippen LogP contribution is 2.24. The average molecular weight is 290 g/mol. The predicted molar refractivity (Wildman–Crippen MR) is 82.4 cm³/mol. The van der Waals surface area contributed by atoms with E-state index < -0.39 is 0 Å². The second-order valence-corrected chi connectivity index (χ2v) is 5.58. The second kappa shape index (κ2) is 6.96. The number of hydrogen-bond acceptors (Lipinski definition) is 3. The maximum atomic E-state index is 11.9. The Balaban J connectivity index is 1.93. The van der Waals surface area contributed by atoms with Crippen LogP contribution in [0, 0.1) is 0 Å². The molecule has 1 aromatic carbocycles. The Hall–Kier alpha value is -2.01. The van der Waals surface area contributed by atoms with Gasteiger partial charge < -0.3 is 15.4 Å². The molecule has 0 aliphatic rings. The fourth-order valence-corrected chi connectivity index (χ4v) is 2.32. The summed E-state index contributed by atoms with van der Waals surface area (Å²) in [5.41, 5.74) is 0.671. The Kier molecular flexibility index (Phi) is 5.01. The van der Waals surface area contributed by atoms with E-state index in [4.69, 9.17) is 4.74 Å². The third-order valence-corrected chi connectivity index (χ3v) is 3.38. The van der Waals surface area contributed by atoms with Gasteiger partial charge in [-0.15, -0.1) is 11.3 Å². The van der Waals surface area contributed by atoms with Gasteiger partial charge in [-0.05, 0) is 37.4 Å². The number of para-hydroxylation sites is 2. The van der Waals surface area contributed by atoms with E-state index in [-0.39, 0.29) is 12.1 Å². The number of urea groups is 1. The second-order valence-electron chi connectivity index (χ2n) is 4.55. The van der Waals surface area contributed by atoms with Crippen molar-refractivity contribution in [2.45, 2.75) is 26.5 Å². The molecule has 2 rings (SSSR count). The van der Waals surface area contributed by atoms with Gasteiger partial charge in [0.05, 0.1) is 18.3 Å². The molecular weight excluding hydrogens is 272 g/mol. The number of ether oxygens (including phenoxy) is 1. The van der Waals surface area contributed by atoms with Crippen LogP contribution < -0.4 is 15.4 Å². The van der Waals surface area contributed by atoms with Gasteiger partial charge in [0.1, 0.15) is 5.75 Å². The first kappa shape index (κ1) is 14.4. The summed E-state index contributed by atoms with van der Waals surface area (Å²) in [5.74, 6) is 0.675. The van der Waals surface area contributed by atoms with Crippen molar-refractivity contribution in [1.29, 1.82) is 0 Å². The van der Waals surface area contributed by atoms with Crippen LogP contribution in [-0.4, -0.2) is 12.1 Å².